The van der Waals surface area contributed by atoms with E-state index in [4.69, 9.17) is 14.2 Å². The Labute approximate surface area is 187 Å². The van der Waals surface area contributed by atoms with Crippen molar-refractivity contribution in [2.24, 2.45) is 0 Å². The number of carbonyl (C=O) groups excluding carboxylic acids is 1. The SMILES string of the molecule is CCCCCCCC(=O)OC[C@H](O)[C@@H](O)[C@H](O[C@@H]1O[C@H](CO)[C@H](O)[C@H](O)[C@H]1O)[C@H](O)CO. The van der Waals surface area contributed by atoms with E-state index in [1.54, 1.807) is 0 Å². The Morgan fingerprint density at radius 3 is 2.19 bits per heavy atom. The molecule has 0 bridgehead atoms. The van der Waals surface area contributed by atoms with E-state index in [-0.39, 0.29) is 6.42 Å². The average molecular weight is 471 g/mol. The molecule has 0 saturated carbocycles. The second-order valence-electron chi connectivity index (χ2n) is 7.95. The lowest BCUT2D eigenvalue weighted by atomic mass is 9.98. The molecule has 0 spiro atoms. The van der Waals surface area contributed by atoms with E-state index in [0.717, 1.165) is 25.7 Å². The first kappa shape index (κ1) is 29.1. The van der Waals surface area contributed by atoms with Crippen LogP contribution in [0.3, 0.4) is 0 Å². The van der Waals surface area contributed by atoms with E-state index in [9.17, 15) is 45.6 Å². The summed E-state index contributed by atoms with van der Waals surface area (Å²) in [6.07, 6.45) is -10.5. The van der Waals surface area contributed by atoms with Crippen LogP contribution < -0.4 is 0 Å². The molecule has 9 atom stereocenters. The fourth-order valence-corrected chi connectivity index (χ4v) is 3.28. The van der Waals surface area contributed by atoms with Crippen LogP contribution in [0.25, 0.3) is 0 Å². The lowest BCUT2D eigenvalue weighted by molar-refractivity contribution is -0.327. The number of aliphatic hydroxyl groups excluding tert-OH is 8. The van der Waals surface area contributed by atoms with E-state index in [1.807, 2.05) is 0 Å². The van der Waals surface area contributed by atoms with Crippen LogP contribution in [-0.2, 0) is 19.0 Å². The zero-order valence-electron chi connectivity index (χ0n) is 18.3. The number of hydrogen-bond acceptors (Lipinski definition) is 12. The molecule has 0 aliphatic carbocycles. The van der Waals surface area contributed by atoms with Crippen LogP contribution in [0.1, 0.15) is 45.4 Å². The van der Waals surface area contributed by atoms with Crippen molar-refractivity contribution in [3.63, 3.8) is 0 Å². The highest BCUT2D eigenvalue weighted by molar-refractivity contribution is 5.69. The summed E-state index contributed by atoms with van der Waals surface area (Å²) >= 11 is 0. The lowest BCUT2D eigenvalue weighted by Gasteiger charge is -2.42. The Balaban J connectivity index is 2.65. The molecule has 12 nitrogen and oxygen atoms in total. The van der Waals surface area contributed by atoms with Crippen molar-refractivity contribution in [1.82, 2.24) is 0 Å². The van der Waals surface area contributed by atoms with E-state index in [2.05, 4.69) is 6.92 Å². The molecule has 12 heteroatoms. The van der Waals surface area contributed by atoms with Gasteiger partial charge in [0.25, 0.3) is 0 Å². The van der Waals surface area contributed by atoms with Gasteiger partial charge < -0.3 is 55.1 Å². The van der Waals surface area contributed by atoms with Gasteiger partial charge in [-0.15, -0.1) is 0 Å². The van der Waals surface area contributed by atoms with Gasteiger partial charge in [0.05, 0.1) is 13.2 Å². The summed E-state index contributed by atoms with van der Waals surface area (Å²) in [7, 11) is 0. The summed E-state index contributed by atoms with van der Waals surface area (Å²) in [5, 5.41) is 78.8. The van der Waals surface area contributed by atoms with Gasteiger partial charge in [0.2, 0.25) is 0 Å². The van der Waals surface area contributed by atoms with Crippen LogP contribution >= 0.6 is 0 Å². The zero-order chi connectivity index (χ0) is 24.3. The molecule has 0 aromatic carbocycles. The molecule has 32 heavy (non-hydrogen) atoms. The molecule has 1 fully saturated rings. The van der Waals surface area contributed by atoms with Gasteiger partial charge in [-0.25, -0.2) is 0 Å². The predicted molar refractivity (Wildman–Crippen MR) is 108 cm³/mol. The Morgan fingerprint density at radius 1 is 0.938 bits per heavy atom. The van der Waals surface area contributed by atoms with E-state index in [0.29, 0.717) is 6.42 Å². The predicted octanol–water partition coefficient (Wildman–Crippen LogP) is -2.85. The van der Waals surface area contributed by atoms with Crippen LogP contribution in [0.4, 0.5) is 0 Å². The van der Waals surface area contributed by atoms with Gasteiger partial charge in [-0.1, -0.05) is 32.6 Å². The molecule has 1 aliphatic heterocycles. The van der Waals surface area contributed by atoms with Crippen molar-refractivity contribution in [2.75, 3.05) is 19.8 Å². The summed E-state index contributed by atoms with van der Waals surface area (Å²) in [6, 6.07) is 0. The molecule has 0 aromatic heterocycles. The lowest BCUT2D eigenvalue weighted by Crippen LogP contribution is -2.61. The highest BCUT2D eigenvalue weighted by Gasteiger charge is 2.46. The van der Waals surface area contributed by atoms with Crippen molar-refractivity contribution in [2.45, 2.75) is 101 Å². The number of aliphatic hydroxyl groups is 8. The normalized spacial score (nSPS) is 29.8. The highest BCUT2D eigenvalue weighted by Crippen LogP contribution is 2.25. The first-order valence-electron chi connectivity index (χ1n) is 10.9. The third-order valence-corrected chi connectivity index (χ3v) is 5.34. The van der Waals surface area contributed by atoms with Gasteiger partial charge in [0.15, 0.2) is 6.29 Å². The fourth-order valence-electron chi connectivity index (χ4n) is 3.28. The minimum atomic E-state index is -1.89. The number of rotatable bonds is 15. The molecule has 1 saturated heterocycles. The summed E-state index contributed by atoms with van der Waals surface area (Å²) < 4.78 is 15.4. The molecule has 0 radical (unpaired) electrons. The molecule has 1 aliphatic rings. The minimum absolute atomic E-state index is 0.149. The monoisotopic (exact) mass is 470 g/mol. The van der Waals surface area contributed by atoms with Crippen LogP contribution in [0.15, 0.2) is 0 Å². The van der Waals surface area contributed by atoms with Crippen LogP contribution in [0, 0.1) is 0 Å². The molecule has 0 aromatic rings. The second-order valence-corrected chi connectivity index (χ2v) is 7.95. The van der Waals surface area contributed by atoms with Crippen molar-refractivity contribution in [1.29, 1.82) is 0 Å². The standard InChI is InChI=1S/C20H38O12/c1-2-3-4-5-6-7-14(25)30-10-12(24)15(26)19(11(23)8-21)32-20-18(29)17(28)16(27)13(9-22)31-20/h11-13,15-24,26-29H,2-10H2,1H3/t11-,12+,13-,15-,16+,17+,18-,19-,20+/m1/s1. The summed E-state index contributed by atoms with van der Waals surface area (Å²) in [4.78, 5) is 11.8. The van der Waals surface area contributed by atoms with Gasteiger partial charge in [0, 0.05) is 6.42 Å². The average Bonchev–Trinajstić information content (AvgIpc) is 2.79. The van der Waals surface area contributed by atoms with Gasteiger partial charge >= 0.3 is 5.97 Å². The summed E-state index contributed by atoms with van der Waals surface area (Å²) in [5.41, 5.74) is 0. The zero-order valence-corrected chi connectivity index (χ0v) is 18.3. The van der Waals surface area contributed by atoms with Gasteiger partial charge in [-0.3, -0.25) is 4.79 Å². The van der Waals surface area contributed by atoms with Crippen molar-refractivity contribution >= 4 is 5.97 Å². The van der Waals surface area contributed by atoms with E-state index >= 15 is 0 Å². The van der Waals surface area contributed by atoms with Crippen LogP contribution in [-0.4, -0.2) is 122 Å². The minimum Gasteiger partial charge on any atom is -0.463 e. The Bertz CT molecular complexity index is 519. The molecule has 190 valence electrons. The quantitative estimate of drug-likeness (QED) is 0.0899. The van der Waals surface area contributed by atoms with Crippen LogP contribution in [0.2, 0.25) is 0 Å². The molecule has 8 N–H and O–H groups in total. The molecular formula is C20H38O12. The first-order chi connectivity index (χ1) is 15.2. The Hall–Kier alpha value is -0.930. The summed E-state index contributed by atoms with van der Waals surface area (Å²) in [6.45, 7) is -0.161. The first-order valence-corrected chi connectivity index (χ1v) is 10.9. The van der Waals surface area contributed by atoms with Crippen LogP contribution in [0.5, 0.6) is 0 Å². The Morgan fingerprint density at radius 2 is 1.59 bits per heavy atom. The van der Waals surface area contributed by atoms with Crippen molar-refractivity contribution < 1.29 is 59.9 Å². The van der Waals surface area contributed by atoms with Gasteiger partial charge in [0.1, 0.15) is 55.4 Å². The number of unbranched alkanes of at least 4 members (excludes halogenated alkanes) is 4. The summed E-state index contributed by atoms with van der Waals surface area (Å²) in [5.74, 6) is -0.568. The number of hydrogen-bond donors (Lipinski definition) is 8. The van der Waals surface area contributed by atoms with Crippen molar-refractivity contribution in [3.05, 3.63) is 0 Å². The topological polar surface area (TPSA) is 207 Å². The molecule has 1 heterocycles. The van der Waals surface area contributed by atoms with Crippen molar-refractivity contribution in [3.8, 4) is 0 Å². The fraction of sp³-hybridized carbons (Fsp3) is 0.950. The van der Waals surface area contributed by atoms with Gasteiger partial charge in [-0.2, -0.15) is 0 Å². The largest absolute Gasteiger partial charge is 0.463 e. The smallest absolute Gasteiger partial charge is 0.305 e. The second kappa shape index (κ2) is 15.1. The number of carbonyl (C=O) groups is 1. The maximum Gasteiger partial charge on any atom is 0.305 e. The maximum atomic E-state index is 11.8. The number of esters is 1. The molecule has 1 rings (SSSR count). The third-order valence-electron chi connectivity index (χ3n) is 5.34. The Kier molecular flexibility index (Phi) is 13.7. The molecule has 0 unspecified atom stereocenters. The van der Waals surface area contributed by atoms with Gasteiger partial charge in [-0.05, 0) is 6.42 Å². The third kappa shape index (κ3) is 8.78. The maximum absolute atomic E-state index is 11.8. The van der Waals surface area contributed by atoms with E-state index in [1.165, 1.54) is 0 Å². The molecule has 0 amide bonds. The number of ether oxygens (including phenoxy) is 3. The van der Waals surface area contributed by atoms with E-state index < -0.39 is 80.9 Å². The highest BCUT2D eigenvalue weighted by atomic mass is 16.7. The molecular weight excluding hydrogens is 432 g/mol.